The number of para-hydroxylation sites is 1. The van der Waals surface area contributed by atoms with Gasteiger partial charge in [0.2, 0.25) is 0 Å². The van der Waals surface area contributed by atoms with E-state index in [1.54, 1.807) is 0 Å². The Labute approximate surface area is 128 Å². The van der Waals surface area contributed by atoms with Gasteiger partial charge < -0.3 is 14.8 Å². The van der Waals surface area contributed by atoms with E-state index in [0.717, 1.165) is 52.5 Å². The quantitative estimate of drug-likeness (QED) is 0.709. The Morgan fingerprint density at radius 2 is 1.76 bits per heavy atom. The molecule has 1 aromatic carbocycles. The summed E-state index contributed by atoms with van der Waals surface area (Å²) in [5.74, 6) is 0. The number of hydrogen-bond acceptors (Lipinski definition) is 4. The first-order chi connectivity index (χ1) is 10.3. The summed E-state index contributed by atoms with van der Waals surface area (Å²) < 4.78 is 11.1. The Balaban J connectivity index is 1.92. The van der Waals surface area contributed by atoms with Crippen molar-refractivity contribution in [2.45, 2.75) is 26.3 Å². The van der Waals surface area contributed by atoms with E-state index < -0.39 is 0 Å². The molecule has 0 bridgehead atoms. The van der Waals surface area contributed by atoms with Gasteiger partial charge in [-0.1, -0.05) is 18.2 Å². The van der Waals surface area contributed by atoms with Crippen LogP contribution < -0.4 is 5.32 Å². The van der Waals surface area contributed by atoms with E-state index in [9.17, 15) is 0 Å². The van der Waals surface area contributed by atoms with E-state index >= 15 is 0 Å². The lowest BCUT2D eigenvalue weighted by Gasteiger charge is -2.35. The first kappa shape index (κ1) is 16.3. The normalized spacial score (nSPS) is 17.6. The molecule has 0 fully saturated rings. The third kappa shape index (κ3) is 4.99. The highest BCUT2D eigenvalue weighted by molar-refractivity contribution is 5.53. The zero-order chi connectivity index (χ0) is 14.9. The Kier molecular flexibility index (Phi) is 7.00. The van der Waals surface area contributed by atoms with E-state index in [4.69, 9.17) is 9.47 Å². The van der Waals surface area contributed by atoms with Crippen LogP contribution in [0, 0.1) is 0 Å². The number of ether oxygens (including phenoxy) is 2. The molecular weight excluding hydrogens is 264 g/mol. The van der Waals surface area contributed by atoms with Gasteiger partial charge in [0, 0.05) is 44.6 Å². The van der Waals surface area contributed by atoms with Crippen molar-refractivity contribution in [3.8, 4) is 0 Å². The summed E-state index contributed by atoms with van der Waals surface area (Å²) in [7, 11) is 0. The van der Waals surface area contributed by atoms with Crippen molar-refractivity contribution in [2.24, 2.45) is 0 Å². The number of hydrogen-bond donors (Lipinski definition) is 1. The van der Waals surface area contributed by atoms with Gasteiger partial charge in [-0.3, -0.25) is 4.90 Å². The number of fused-ring (bicyclic) bond motifs is 1. The van der Waals surface area contributed by atoms with Gasteiger partial charge in [-0.2, -0.15) is 0 Å². The molecule has 1 aliphatic rings. The molecule has 1 atom stereocenters. The molecular formula is C17H28N2O2. The second kappa shape index (κ2) is 9.03. The van der Waals surface area contributed by atoms with Crippen LogP contribution in [0.25, 0.3) is 0 Å². The van der Waals surface area contributed by atoms with E-state index in [1.807, 2.05) is 13.8 Å². The van der Waals surface area contributed by atoms with Crippen molar-refractivity contribution >= 4 is 5.69 Å². The number of anilines is 1. The summed E-state index contributed by atoms with van der Waals surface area (Å²) in [5, 5.41) is 3.55. The van der Waals surface area contributed by atoms with E-state index in [0.29, 0.717) is 6.04 Å². The Morgan fingerprint density at radius 3 is 2.43 bits per heavy atom. The molecule has 0 spiro atoms. The molecule has 1 aromatic rings. The SMILES string of the molecule is CCOCCN(CCOCC)C1CNc2ccccc2C1. The van der Waals surface area contributed by atoms with Gasteiger partial charge >= 0.3 is 0 Å². The highest BCUT2D eigenvalue weighted by atomic mass is 16.5. The fourth-order valence-corrected chi connectivity index (χ4v) is 2.81. The minimum Gasteiger partial charge on any atom is -0.383 e. The highest BCUT2D eigenvalue weighted by Crippen LogP contribution is 2.23. The molecule has 0 aromatic heterocycles. The molecule has 1 aliphatic heterocycles. The molecule has 1 heterocycles. The lowest BCUT2D eigenvalue weighted by atomic mass is 9.98. The fraction of sp³-hybridized carbons (Fsp3) is 0.647. The number of nitrogens with zero attached hydrogens (tertiary/aromatic N) is 1. The average Bonchev–Trinajstić information content (AvgIpc) is 2.53. The first-order valence-electron chi connectivity index (χ1n) is 8.06. The maximum Gasteiger partial charge on any atom is 0.0593 e. The topological polar surface area (TPSA) is 33.7 Å². The summed E-state index contributed by atoms with van der Waals surface area (Å²) in [6, 6.07) is 9.11. The summed E-state index contributed by atoms with van der Waals surface area (Å²) in [6.45, 7) is 10.2. The van der Waals surface area contributed by atoms with Crippen molar-refractivity contribution in [3.05, 3.63) is 29.8 Å². The molecule has 2 rings (SSSR count). The lowest BCUT2D eigenvalue weighted by Crippen LogP contribution is -2.46. The molecule has 4 heteroatoms. The zero-order valence-electron chi connectivity index (χ0n) is 13.3. The predicted molar refractivity (Wildman–Crippen MR) is 87.0 cm³/mol. The average molecular weight is 292 g/mol. The van der Waals surface area contributed by atoms with Crippen molar-refractivity contribution < 1.29 is 9.47 Å². The van der Waals surface area contributed by atoms with Gasteiger partial charge in [0.1, 0.15) is 0 Å². The van der Waals surface area contributed by atoms with Crippen molar-refractivity contribution in [3.63, 3.8) is 0 Å². The highest BCUT2D eigenvalue weighted by Gasteiger charge is 2.23. The molecule has 118 valence electrons. The summed E-state index contributed by atoms with van der Waals surface area (Å²) in [4.78, 5) is 2.49. The number of nitrogens with one attached hydrogen (secondary N) is 1. The van der Waals surface area contributed by atoms with Crippen LogP contribution in [0.15, 0.2) is 24.3 Å². The third-order valence-corrected chi connectivity index (χ3v) is 3.97. The van der Waals surface area contributed by atoms with Gasteiger partial charge in [-0.25, -0.2) is 0 Å². The van der Waals surface area contributed by atoms with Gasteiger partial charge in [0.15, 0.2) is 0 Å². The molecule has 1 N–H and O–H groups in total. The van der Waals surface area contributed by atoms with Crippen LogP contribution in [0.3, 0.4) is 0 Å². The first-order valence-corrected chi connectivity index (χ1v) is 8.06. The maximum atomic E-state index is 5.53. The largest absolute Gasteiger partial charge is 0.383 e. The van der Waals surface area contributed by atoms with E-state index in [1.165, 1.54) is 11.3 Å². The minimum atomic E-state index is 0.515. The lowest BCUT2D eigenvalue weighted by molar-refractivity contribution is 0.0645. The van der Waals surface area contributed by atoms with Gasteiger partial charge in [-0.15, -0.1) is 0 Å². The van der Waals surface area contributed by atoms with Crippen molar-refractivity contribution in [1.29, 1.82) is 0 Å². The smallest absolute Gasteiger partial charge is 0.0593 e. The van der Waals surface area contributed by atoms with Crippen LogP contribution in [0.1, 0.15) is 19.4 Å². The second-order valence-electron chi connectivity index (χ2n) is 5.33. The van der Waals surface area contributed by atoms with Crippen molar-refractivity contribution in [1.82, 2.24) is 4.90 Å². The Morgan fingerprint density at radius 1 is 1.10 bits per heavy atom. The summed E-state index contributed by atoms with van der Waals surface area (Å²) in [6.07, 6.45) is 1.10. The zero-order valence-corrected chi connectivity index (χ0v) is 13.3. The Bertz CT molecular complexity index is 402. The monoisotopic (exact) mass is 292 g/mol. The molecule has 0 saturated carbocycles. The van der Waals surface area contributed by atoms with Gasteiger partial charge in [0.05, 0.1) is 13.2 Å². The Hall–Kier alpha value is -1.10. The maximum absolute atomic E-state index is 5.53. The van der Waals surface area contributed by atoms with Crippen LogP contribution in [0.2, 0.25) is 0 Å². The molecule has 0 radical (unpaired) electrons. The second-order valence-corrected chi connectivity index (χ2v) is 5.33. The summed E-state index contributed by atoms with van der Waals surface area (Å²) in [5.41, 5.74) is 2.69. The third-order valence-electron chi connectivity index (χ3n) is 3.97. The van der Waals surface area contributed by atoms with E-state index in [-0.39, 0.29) is 0 Å². The molecule has 0 amide bonds. The van der Waals surface area contributed by atoms with Gasteiger partial charge in [-0.05, 0) is 31.9 Å². The number of rotatable bonds is 9. The van der Waals surface area contributed by atoms with Crippen molar-refractivity contribution in [2.75, 3.05) is 51.4 Å². The van der Waals surface area contributed by atoms with Crippen LogP contribution in [-0.2, 0) is 15.9 Å². The van der Waals surface area contributed by atoms with Crippen LogP contribution in [-0.4, -0.2) is 57.0 Å². The molecule has 0 aliphatic carbocycles. The molecule has 1 unspecified atom stereocenters. The molecule has 4 nitrogen and oxygen atoms in total. The summed E-state index contributed by atoms with van der Waals surface area (Å²) >= 11 is 0. The van der Waals surface area contributed by atoms with Crippen LogP contribution in [0.4, 0.5) is 5.69 Å². The standard InChI is InChI=1S/C17H28N2O2/c1-3-20-11-9-19(10-12-21-4-2)16-13-15-7-5-6-8-17(15)18-14-16/h5-8,16,18H,3-4,9-14H2,1-2H3. The van der Waals surface area contributed by atoms with Crippen LogP contribution >= 0.6 is 0 Å². The van der Waals surface area contributed by atoms with Crippen LogP contribution in [0.5, 0.6) is 0 Å². The molecule has 21 heavy (non-hydrogen) atoms. The molecule has 0 saturated heterocycles. The van der Waals surface area contributed by atoms with E-state index in [2.05, 4.69) is 34.5 Å². The predicted octanol–water partition coefficient (Wildman–Crippen LogP) is 2.40. The fourth-order valence-electron chi connectivity index (χ4n) is 2.81. The van der Waals surface area contributed by atoms with Gasteiger partial charge in [0.25, 0.3) is 0 Å². The minimum absolute atomic E-state index is 0.515. The number of benzene rings is 1.